The minimum Gasteiger partial charge on any atom is -0.478 e. The number of nitro groups is 1. The highest BCUT2D eigenvalue weighted by molar-refractivity contribution is 6.35. The van der Waals surface area contributed by atoms with Crippen molar-refractivity contribution in [2.45, 2.75) is 6.92 Å². The van der Waals surface area contributed by atoms with Crippen molar-refractivity contribution < 1.29 is 14.8 Å². The topological polar surface area (TPSA) is 80.4 Å². The first-order chi connectivity index (χ1) is 6.43. The van der Waals surface area contributed by atoms with Crippen molar-refractivity contribution in [3.05, 3.63) is 38.4 Å². The lowest BCUT2D eigenvalue weighted by molar-refractivity contribution is -0.384. The molecule has 0 saturated carbocycles. The molecule has 0 atom stereocenters. The summed E-state index contributed by atoms with van der Waals surface area (Å²) in [7, 11) is 0. The van der Waals surface area contributed by atoms with Crippen molar-refractivity contribution in [1.29, 1.82) is 0 Å². The van der Waals surface area contributed by atoms with E-state index in [0.29, 0.717) is 5.56 Å². The molecular weight excluding hydrogens is 210 g/mol. The van der Waals surface area contributed by atoms with Crippen molar-refractivity contribution >= 4 is 23.3 Å². The predicted molar refractivity (Wildman–Crippen MR) is 49.8 cm³/mol. The van der Waals surface area contributed by atoms with Crippen LogP contribution in [0.2, 0.25) is 5.02 Å². The summed E-state index contributed by atoms with van der Waals surface area (Å²) in [5.74, 6) is -1.28. The van der Waals surface area contributed by atoms with Crippen molar-refractivity contribution in [2.75, 3.05) is 0 Å². The number of aryl methyl sites for hydroxylation is 1. The number of carboxylic acids is 1. The fourth-order valence-electron chi connectivity index (χ4n) is 1.04. The standard InChI is InChI=1S/C8H6ClNO4/c1-4-2-5(8(11)12)7(9)6(3-4)10(13)14/h2-3H,1H3,(H,11,12). The van der Waals surface area contributed by atoms with E-state index in [2.05, 4.69) is 0 Å². The third-order valence-electron chi connectivity index (χ3n) is 1.62. The molecule has 5 nitrogen and oxygen atoms in total. The Hall–Kier alpha value is -1.62. The van der Waals surface area contributed by atoms with Gasteiger partial charge in [-0.05, 0) is 18.6 Å². The molecular formula is C8H6ClNO4. The Bertz CT molecular complexity index is 381. The Kier molecular flexibility index (Phi) is 2.71. The third kappa shape index (κ3) is 1.82. The summed E-state index contributed by atoms with van der Waals surface area (Å²) in [5.41, 5.74) is -0.152. The molecule has 0 spiro atoms. The first-order valence-electron chi connectivity index (χ1n) is 3.61. The molecule has 0 aromatic heterocycles. The average molecular weight is 216 g/mol. The van der Waals surface area contributed by atoms with E-state index >= 15 is 0 Å². The fraction of sp³-hybridized carbons (Fsp3) is 0.125. The van der Waals surface area contributed by atoms with Crippen molar-refractivity contribution in [2.24, 2.45) is 0 Å². The highest BCUT2D eigenvalue weighted by atomic mass is 35.5. The Balaban J connectivity index is 3.47. The van der Waals surface area contributed by atoms with Gasteiger partial charge in [-0.2, -0.15) is 0 Å². The number of hydrogen-bond donors (Lipinski definition) is 1. The van der Waals surface area contributed by atoms with E-state index in [1.54, 1.807) is 6.92 Å². The van der Waals surface area contributed by atoms with Gasteiger partial charge in [-0.15, -0.1) is 0 Å². The molecule has 0 saturated heterocycles. The molecule has 74 valence electrons. The van der Waals surface area contributed by atoms with Crippen LogP contribution in [0.3, 0.4) is 0 Å². The molecule has 6 heteroatoms. The normalized spacial score (nSPS) is 9.86. The molecule has 0 aliphatic carbocycles. The van der Waals surface area contributed by atoms with E-state index in [1.807, 2.05) is 0 Å². The first kappa shape index (κ1) is 10.5. The van der Waals surface area contributed by atoms with Crippen LogP contribution in [0.1, 0.15) is 15.9 Å². The summed E-state index contributed by atoms with van der Waals surface area (Å²) in [6.07, 6.45) is 0. The van der Waals surface area contributed by atoms with Crippen LogP contribution >= 0.6 is 11.6 Å². The monoisotopic (exact) mass is 215 g/mol. The van der Waals surface area contributed by atoms with E-state index in [-0.39, 0.29) is 16.3 Å². The molecule has 0 radical (unpaired) electrons. The van der Waals surface area contributed by atoms with Crippen LogP contribution in [0.15, 0.2) is 12.1 Å². The lowest BCUT2D eigenvalue weighted by Crippen LogP contribution is -2.01. The molecule has 1 N–H and O–H groups in total. The van der Waals surface area contributed by atoms with Gasteiger partial charge in [0.25, 0.3) is 5.69 Å². The number of rotatable bonds is 2. The summed E-state index contributed by atoms with van der Waals surface area (Å²) in [6.45, 7) is 1.57. The van der Waals surface area contributed by atoms with Gasteiger partial charge in [-0.1, -0.05) is 11.6 Å². The van der Waals surface area contributed by atoms with E-state index in [9.17, 15) is 14.9 Å². The predicted octanol–water partition coefficient (Wildman–Crippen LogP) is 2.25. The minimum absolute atomic E-state index is 0.252. The molecule has 1 rings (SSSR count). The third-order valence-corrected chi connectivity index (χ3v) is 2.02. The van der Waals surface area contributed by atoms with Crippen LogP contribution in [0.5, 0.6) is 0 Å². The van der Waals surface area contributed by atoms with Gasteiger partial charge in [0.15, 0.2) is 0 Å². The van der Waals surface area contributed by atoms with Gasteiger partial charge in [-0.25, -0.2) is 4.79 Å². The lowest BCUT2D eigenvalue weighted by atomic mass is 10.1. The molecule has 0 aliphatic rings. The second-order valence-corrected chi connectivity index (χ2v) is 3.09. The zero-order valence-electron chi connectivity index (χ0n) is 7.15. The number of halogens is 1. The SMILES string of the molecule is Cc1cc(C(=O)O)c(Cl)c([N+](=O)[O-])c1. The van der Waals surface area contributed by atoms with Gasteiger partial charge in [0.05, 0.1) is 10.5 Å². The molecule has 0 aliphatic heterocycles. The minimum atomic E-state index is -1.28. The first-order valence-corrected chi connectivity index (χ1v) is 3.99. The molecule has 0 heterocycles. The van der Waals surface area contributed by atoms with Crippen molar-refractivity contribution in [3.63, 3.8) is 0 Å². The Morgan fingerprint density at radius 1 is 1.57 bits per heavy atom. The summed E-state index contributed by atoms with van der Waals surface area (Å²) >= 11 is 5.55. The number of carbonyl (C=O) groups is 1. The zero-order chi connectivity index (χ0) is 10.9. The van der Waals surface area contributed by atoms with Gasteiger partial charge in [0.2, 0.25) is 0 Å². The number of carboxylic acid groups (broad SMARTS) is 1. The van der Waals surface area contributed by atoms with E-state index < -0.39 is 10.9 Å². The van der Waals surface area contributed by atoms with Crippen LogP contribution < -0.4 is 0 Å². The summed E-state index contributed by atoms with van der Waals surface area (Å²) in [4.78, 5) is 20.4. The van der Waals surface area contributed by atoms with Crippen LogP contribution in [0.4, 0.5) is 5.69 Å². The largest absolute Gasteiger partial charge is 0.478 e. The molecule has 0 fully saturated rings. The van der Waals surface area contributed by atoms with Gasteiger partial charge in [0.1, 0.15) is 5.02 Å². The number of nitro benzene ring substituents is 1. The van der Waals surface area contributed by atoms with E-state index in [4.69, 9.17) is 16.7 Å². The fourth-order valence-corrected chi connectivity index (χ4v) is 1.30. The molecule has 0 bridgehead atoms. The quantitative estimate of drug-likeness (QED) is 0.606. The van der Waals surface area contributed by atoms with E-state index in [1.165, 1.54) is 12.1 Å². The number of aromatic carboxylic acids is 1. The molecule has 1 aromatic rings. The molecule has 0 amide bonds. The maximum Gasteiger partial charge on any atom is 0.337 e. The van der Waals surface area contributed by atoms with Gasteiger partial charge < -0.3 is 5.11 Å². The molecule has 0 unspecified atom stereocenters. The zero-order valence-corrected chi connectivity index (χ0v) is 7.91. The highest BCUT2D eigenvalue weighted by Crippen LogP contribution is 2.29. The molecule has 1 aromatic carbocycles. The van der Waals surface area contributed by atoms with Crippen LogP contribution in [0.25, 0.3) is 0 Å². The maximum absolute atomic E-state index is 10.6. The van der Waals surface area contributed by atoms with Crippen molar-refractivity contribution in [3.8, 4) is 0 Å². The summed E-state index contributed by atoms with van der Waals surface area (Å²) in [5, 5.41) is 18.8. The Morgan fingerprint density at radius 2 is 2.14 bits per heavy atom. The van der Waals surface area contributed by atoms with Crippen LogP contribution in [-0.4, -0.2) is 16.0 Å². The second-order valence-electron chi connectivity index (χ2n) is 2.71. The lowest BCUT2D eigenvalue weighted by Gasteiger charge is -2.01. The van der Waals surface area contributed by atoms with Gasteiger partial charge in [0, 0.05) is 6.07 Å². The summed E-state index contributed by atoms with van der Waals surface area (Å²) < 4.78 is 0. The maximum atomic E-state index is 10.6. The van der Waals surface area contributed by atoms with E-state index in [0.717, 1.165) is 0 Å². The smallest absolute Gasteiger partial charge is 0.337 e. The second kappa shape index (κ2) is 3.63. The Morgan fingerprint density at radius 3 is 2.57 bits per heavy atom. The van der Waals surface area contributed by atoms with Crippen LogP contribution in [-0.2, 0) is 0 Å². The number of nitrogens with zero attached hydrogens (tertiary/aromatic N) is 1. The summed E-state index contributed by atoms with van der Waals surface area (Å²) in [6, 6.07) is 2.52. The van der Waals surface area contributed by atoms with Crippen LogP contribution in [0, 0.1) is 17.0 Å². The van der Waals surface area contributed by atoms with Gasteiger partial charge in [-0.3, -0.25) is 10.1 Å². The Labute approximate surface area is 84.1 Å². The van der Waals surface area contributed by atoms with Crippen molar-refractivity contribution in [1.82, 2.24) is 0 Å². The number of hydrogen-bond acceptors (Lipinski definition) is 3. The highest BCUT2D eigenvalue weighted by Gasteiger charge is 2.20. The average Bonchev–Trinajstić information content (AvgIpc) is 2.07. The number of benzene rings is 1. The van der Waals surface area contributed by atoms with Gasteiger partial charge >= 0.3 is 5.97 Å². The molecule has 14 heavy (non-hydrogen) atoms.